The molecule has 0 aliphatic rings. The second kappa shape index (κ2) is 10.4. The summed E-state index contributed by atoms with van der Waals surface area (Å²) in [6.45, 7) is 1.73. The summed E-state index contributed by atoms with van der Waals surface area (Å²) in [5.41, 5.74) is 1.16. The Labute approximate surface area is 190 Å². The summed E-state index contributed by atoms with van der Waals surface area (Å²) in [7, 11) is 3.14. The van der Waals surface area contributed by atoms with E-state index in [1.807, 2.05) is 29.6 Å². The minimum Gasteiger partial charge on any atom is -0.497 e. The van der Waals surface area contributed by atoms with E-state index in [9.17, 15) is 9.59 Å². The lowest BCUT2D eigenvalue weighted by molar-refractivity contribution is 0.101. The number of hydrogen-bond donors (Lipinski definition) is 2. The van der Waals surface area contributed by atoms with Crippen molar-refractivity contribution >= 4 is 23.4 Å². The molecule has 0 bridgehead atoms. The van der Waals surface area contributed by atoms with Gasteiger partial charge in [-0.2, -0.15) is 0 Å². The Morgan fingerprint density at radius 3 is 1.85 bits per heavy atom. The first kappa shape index (κ1) is 23.5. The number of pyridine rings is 1. The van der Waals surface area contributed by atoms with Crippen molar-refractivity contribution in [2.24, 2.45) is 0 Å². The van der Waals surface area contributed by atoms with Crippen molar-refractivity contribution in [2.45, 2.75) is 20.0 Å². The van der Waals surface area contributed by atoms with E-state index in [0.29, 0.717) is 11.5 Å². The van der Waals surface area contributed by atoms with Gasteiger partial charge < -0.3 is 19.5 Å². The Kier molecular flexibility index (Phi) is 7.45. The summed E-state index contributed by atoms with van der Waals surface area (Å²) < 4.78 is 25.9. The Morgan fingerprint density at radius 2 is 1.45 bits per heavy atom. The van der Waals surface area contributed by atoms with Gasteiger partial charge in [0.15, 0.2) is 17.4 Å². The number of nitrogens with zero attached hydrogens (tertiary/aromatic N) is 2. The molecule has 0 aliphatic carbocycles. The molecule has 9 heteroatoms. The molecule has 1 heterocycles. The SMILES string of the molecule is COc1ccc(CN(Cc2ccc(OC)cc2)c2ncc(NC(=O)O)c(C(C)=O)c2F)cc1. The van der Waals surface area contributed by atoms with E-state index in [-0.39, 0.29) is 30.2 Å². The van der Waals surface area contributed by atoms with Crippen LogP contribution in [0.4, 0.5) is 20.7 Å². The first-order valence-electron chi connectivity index (χ1n) is 10.0. The smallest absolute Gasteiger partial charge is 0.409 e. The van der Waals surface area contributed by atoms with Crippen LogP contribution in [0, 0.1) is 5.82 Å². The summed E-state index contributed by atoms with van der Waals surface area (Å²) in [4.78, 5) is 29.0. The van der Waals surface area contributed by atoms with Crippen LogP contribution < -0.4 is 19.7 Å². The number of aromatic nitrogens is 1. The molecule has 0 fully saturated rings. The Bertz CT molecular complexity index is 1080. The van der Waals surface area contributed by atoms with E-state index in [2.05, 4.69) is 4.98 Å². The molecule has 1 amide bonds. The molecule has 0 saturated heterocycles. The van der Waals surface area contributed by atoms with Gasteiger partial charge in [0.05, 0.1) is 31.7 Å². The molecule has 2 aromatic carbocycles. The summed E-state index contributed by atoms with van der Waals surface area (Å²) in [6, 6.07) is 14.6. The molecule has 2 N–H and O–H groups in total. The average Bonchev–Trinajstić information content (AvgIpc) is 2.79. The number of Topliss-reactive ketones (excluding diaryl/α,β-unsaturated/α-hetero) is 1. The van der Waals surface area contributed by atoms with Crippen molar-refractivity contribution in [1.82, 2.24) is 4.98 Å². The van der Waals surface area contributed by atoms with Crippen molar-refractivity contribution < 1.29 is 28.6 Å². The molecule has 0 aliphatic heterocycles. The third kappa shape index (κ3) is 5.76. The van der Waals surface area contributed by atoms with Crippen LogP contribution in [0.2, 0.25) is 0 Å². The normalized spacial score (nSPS) is 10.4. The number of hydrogen-bond acceptors (Lipinski definition) is 6. The fourth-order valence-electron chi connectivity index (χ4n) is 3.36. The highest BCUT2D eigenvalue weighted by atomic mass is 19.1. The second-order valence-electron chi connectivity index (χ2n) is 7.22. The van der Waals surface area contributed by atoms with Gasteiger partial charge in [-0.05, 0) is 42.3 Å². The van der Waals surface area contributed by atoms with Gasteiger partial charge in [-0.3, -0.25) is 10.1 Å². The lowest BCUT2D eigenvalue weighted by Crippen LogP contribution is -2.26. The first-order valence-corrected chi connectivity index (χ1v) is 10.0. The van der Waals surface area contributed by atoms with Gasteiger partial charge in [-0.15, -0.1) is 0 Å². The molecule has 33 heavy (non-hydrogen) atoms. The van der Waals surface area contributed by atoms with Crippen LogP contribution in [0.1, 0.15) is 28.4 Å². The standard InChI is InChI=1S/C24H24FN3O5/c1-15(29)21-20(27-24(30)31)12-26-23(22(21)25)28(13-16-4-8-18(32-2)9-5-16)14-17-6-10-19(33-3)11-7-17/h4-12,27H,13-14H2,1-3H3,(H,30,31). The lowest BCUT2D eigenvalue weighted by Gasteiger charge is -2.26. The molecule has 3 aromatic rings. The van der Waals surface area contributed by atoms with Crippen molar-refractivity contribution in [3.05, 3.63) is 77.2 Å². The Hall–Kier alpha value is -4.14. The highest BCUT2D eigenvalue weighted by Gasteiger charge is 2.24. The van der Waals surface area contributed by atoms with Crippen LogP contribution in [0.5, 0.6) is 11.5 Å². The number of nitrogens with one attached hydrogen (secondary N) is 1. The van der Waals surface area contributed by atoms with Crippen molar-refractivity contribution in [3.8, 4) is 11.5 Å². The fraction of sp³-hybridized carbons (Fsp3) is 0.208. The fourth-order valence-corrected chi connectivity index (χ4v) is 3.36. The Morgan fingerprint density at radius 1 is 0.970 bits per heavy atom. The molecule has 172 valence electrons. The number of ether oxygens (including phenoxy) is 2. The van der Waals surface area contributed by atoms with E-state index in [4.69, 9.17) is 14.6 Å². The number of rotatable bonds is 9. The zero-order valence-electron chi connectivity index (χ0n) is 18.5. The molecule has 0 atom stereocenters. The van der Waals surface area contributed by atoms with Crippen LogP contribution in [0.25, 0.3) is 0 Å². The minimum absolute atomic E-state index is 0.0669. The number of carboxylic acid groups (broad SMARTS) is 1. The van der Waals surface area contributed by atoms with Crippen molar-refractivity contribution in [1.29, 1.82) is 0 Å². The zero-order valence-corrected chi connectivity index (χ0v) is 18.5. The monoisotopic (exact) mass is 453 g/mol. The number of carbonyl (C=O) groups excluding carboxylic acids is 1. The van der Waals surface area contributed by atoms with Crippen LogP contribution in [-0.2, 0) is 13.1 Å². The largest absolute Gasteiger partial charge is 0.497 e. The molecular weight excluding hydrogens is 429 g/mol. The van der Waals surface area contributed by atoms with Gasteiger partial charge in [0.25, 0.3) is 0 Å². The van der Waals surface area contributed by atoms with Crippen LogP contribution >= 0.6 is 0 Å². The van der Waals surface area contributed by atoms with Gasteiger partial charge in [0.2, 0.25) is 0 Å². The van der Waals surface area contributed by atoms with Crippen LogP contribution in [-0.4, -0.2) is 36.2 Å². The quantitative estimate of drug-likeness (QED) is 0.452. The third-order valence-corrected chi connectivity index (χ3v) is 4.96. The number of carbonyl (C=O) groups is 2. The van der Waals surface area contributed by atoms with Gasteiger partial charge in [0.1, 0.15) is 11.5 Å². The number of anilines is 2. The number of methoxy groups -OCH3 is 2. The molecule has 8 nitrogen and oxygen atoms in total. The van der Waals surface area contributed by atoms with Crippen molar-refractivity contribution in [3.63, 3.8) is 0 Å². The maximum atomic E-state index is 15.5. The summed E-state index contributed by atoms with van der Waals surface area (Å²) in [5.74, 6) is -0.201. The zero-order chi connectivity index (χ0) is 24.0. The second-order valence-corrected chi connectivity index (χ2v) is 7.22. The summed E-state index contributed by atoms with van der Waals surface area (Å²) >= 11 is 0. The van der Waals surface area contributed by atoms with E-state index in [1.54, 1.807) is 43.4 Å². The third-order valence-electron chi connectivity index (χ3n) is 4.96. The molecule has 1 aromatic heterocycles. The molecule has 0 unspecified atom stereocenters. The summed E-state index contributed by atoms with van der Waals surface area (Å²) in [5, 5.41) is 11.0. The predicted octanol–water partition coefficient (Wildman–Crippen LogP) is 4.74. The van der Waals surface area contributed by atoms with Gasteiger partial charge >= 0.3 is 6.09 Å². The molecule has 0 radical (unpaired) electrons. The van der Waals surface area contributed by atoms with Crippen molar-refractivity contribution in [2.75, 3.05) is 24.4 Å². The predicted molar refractivity (Wildman–Crippen MR) is 122 cm³/mol. The summed E-state index contributed by atoms with van der Waals surface area (Å²) in [6.07, 6.45) is -0.266. The molecule has 3 rings (SSSR count). The topological polar surface area (TPSA) is 101 Å². The lowest BCUT2D eigenvalue weighted by atomic mass is 10.1. The van der Waals surface area contributed by atoms with Crippen LogP contribution in [0.3, 0.4) is 0 Å². The van der Waals surface area contributed by atoms with E-state index in [0.717, 1.165) is 17.3 Å². The maximum Gasteiger partial charge on any atom is 0.409 e. The van der Waals surface area contributed by atoms with Crippen LogP contribution in [0.15, 0.2) is 54.7 Å². The minimum atomic E-state index is -1.42. The van der Waals surface area contributed by atoms with E-state index < -0.39 is 17.7 Å². The first-order chi connectivity index (χ1) is 15.8. The highest BCUT2D eigenvalue weighted by Crippen LogP contribution is 2.29. The highest BCUT2D eigenvalue weighted by molar-refractivity contribution is 6.03. The number of benzene rings is 2. The van der Waals surface area contributed by atoms with E-state index >= 15 is 4.39 Å². The van der Waals surface area contributed by atoms with Gasteiger partial charge in [-0.1, -0.05) is 24.3 Å². The van der Waals surface area contributed by atoms with Gasteiger partial charge in [-0.25, -0.2) is 14.2 Å². The molecular formula is C24H24FN3O5. The number of ketones is 1. The van der Waals surface area contributed by atoms with Gasteiger partial charge in [0, 0.05) is 13.1 Å². The van der Waals surface area contributed by atoms with E-state index in [1.165, 1.54) is 6.92 Å². The molecule has 0 saturated carbocycles. The Balaban J connectivity index is 2.03. The maximum absolute atomic E-state index is 15.5. The average molecular weight is 453 g/mol. The number of halogens is 1. The number of amides is 1. The molecule has 0 spiro atoms.